The van der Waals surface area contributed by atoms with Crippen LogP contribution in [0.15, 0.2) is 4.99 Å². The molecule has 21 heavy (non-hydrogen) atoms. The molecule has 0 aromatic heterocycles. The molecule has 124 valence electrons. The molecule has 0 radical (unpaired) electrons. The Hall–Kier alpha value is -0.810. The zero-order valence-corrected chi connectivity index (χ0v) is 14.5. The Morgan fingerprint density at radius 2 is 2.14 bits per heavy atom. The lowest BCUT2D eigenvalue weighted by molar-refractivity contribution is 0.159. The van der Waals surface area contributed by atoms with Crippen LogP contribution in [-0.4, -0.2) is 63.8 Å². The summed E-state index contributed by atoms with van der Waals surface area (Å²) in [5, 5.41) is 6.81. The summed E-state index contributed by atoms with van der Waals surface area (Å²) in [7, 11) is 3.54. The molecular formula is C16H34N4O. The second kappa shape index (κ2) is 10.0. The molecule has 2 unspecified atom stereocenters. The van der Waals surface area contributed by atoms with Crippen molar-refractivity contribution in [2.75, 3.05) is 46.9 Å². The molecule has 0 aromatic rings. The Bertz CT molecular complexity index is 307. The number of rotatable bonds is 7. The molecule has 1 aliphatic heterocycles. The molecule has 0 spiro atoms. The van der Waals surface area contributed by atoms with Crippen molar-refractivity contribution < 1.29 is 4.74 Å². The third-order valence-electron chi connectivity index (χ3n) is 3.81. The Kier molecular flexibility index (Phi) is 8.69. The minimum absolute atomic E-state index is 0.269. The maximum atomic E-state index is 5.14. The van der Waals surface area contributed by atoms with E-state index in [1.54, 1.807) is 7.11 Å². The van der Waals surface area contributed by atoms with Crippen molar-refractivity contribution in [3.63, 3.8) is 0 Å². The predicted molar refractivity (Wildman–Crippen MR) is 89.8 cm³/mol. The topological polar surface area (TPSA) is 48.9 Å². The van der Waals surface area contributed by atoms with Crippen LogP contribution >= 0.6 is 0 Å². The molecular weight excluding hydrogens is 264 g/mol. The van der Waals surface area contributed by atoms with E-state index in [0.717, 1.165) is 18.4 Å². The molecule has 0 aromatic carbocycles. The second-order valence-corrected chi connectivity index (χ2v) is 6.62. The Morgan fingerprint density at radius 1 is 1.38 bits per heavy atom. The number of methoxy groups -OCH3 is 1. The molecule has 5 heteroatoms. The van der Waals surface area contributed by atoms with Crippen LogP contribution in [-0.2, 0) is 4.74 Å². The maximum Gasteiger partial charge on any atom is 0.191 e. The maximum absolute atomic E-state index is 5.14. The fraction of sp³-hybridized carbons (Fsp3) is 0.938. The van der Waals surface area contributed by atoms with Gasteiger partial charge in [-0.3, -0.25) is 4.99 Å². The van der Waals surface area contributed by atoms with Crippen molar-refractivity contribution in [2.45, 2.75) is 39.7 Å². The van der Waals surface area contributed by atoms with Crippen molar-refractivity contribution in [3.05, 3.63) is 0 Å². The van der Waals surface area contributed by atoms with Gasteiger partial charge in [-0.05, 0) is 38.1 Å². The number of hydrogen-bond donors (Lipinski definition) is 2. The first-order valence-electron chi connectivity index (χ1n) is 8.23. The van der Waals surface area contributed by atoms with Crippen LogP contribution in [0.4, 0.5) is 0 Å². The van der Waals surface area contributed by atoms with E-state index in [1.807, 2.05) is 7.05 Å². The number of aliphatic imine (C=N–C) groups is 1. The van der Waals surface area contributed by atoms with E-state index in [9.17, 15) is 0 Å². The summed E-state index contributed by atoms with van der Waals surface area (Å²) in [6.07, 6.45) is 2.62. The lowest BCUT2D eigenvalue weighted by Crippen LogP contribution is -2.47. The van der Waals surface area contributed by atoms with Gasteiger partial charge in [-0.2, -0.15) is 0 Å². The molecule has 1 rings (SSSR count). The van der Waals surface area contributed by atoms with E-state index >= 15 is 0 Å². The largest absolute Gasteiger partial charge is 0.383 e. The van der Waals surface area contributed by atoms with Crippen LogP contribution < -0.4 is 10.6 Å². The number of hydrogen-bond acceptors (Lipinski definition) is 3. The second-order valence-electron chi connectivity index (χ2n) is 6.62. The van der Waals surface area contributed by atoms with Crippen LogP contribution in [0, 0.1) is 11.8 Å². The molecule has 1 aliphatic rings. The molecule has 1 saturated heterocycles. The summed E-state index contributed by atoms with van der Waals surface area (Å²) >= 11 is 0. The van der Waals surface area contributed by atoms with Gasteiger partial charge in [-0.1, -0.05) is 13.8 Å². The molecule has 2 N–H and O–H groups in total. The first kappa shape index (κ1) is 18.2. The smallest absolute Gasteiger partial charge is 0.191 e. The van der Waals surface area contributed by atoms with E-state index in [4.69, 9.17) is 4.74 Å². The van der Waals surface area contributed by atoms with Gasteiger partial charge in [-0.25, -0.2) is 0 Å². The summed E-state index contributed by atoms with van der Waals surface area (Å²) in [6, 6.07) is 0.269. The van der Waals surface area contributed by atoms with E-state index in [2.05, 4.69) is 41.3 Å². The van der Waals surface area contributed by atoms with Gasteiger partial charge in [0.15, 0.2) is 5.96 Å². The molecule has 0 amide bonds. The van der Waals surface area contributed by atoms with Crippen molar-refractivity contribution in [2.24, 2.45) is 16.8 Å². The molecule has 1 heterocycles. The normalized spacial score (nSPS) is 22.4. The number of nitrogens with one attached hydrogen (secondary N) is 2. The van der Waals surface area contributed by atoms with Gasteiger partial charge in [0, 0.05) is 39.8 Å². The number of piperidine rings is 1. The highest BCUT2D eigenvalue weighted by Crippen LogP contribution is 2.16. The molecule has 1 fully saturated rings. The van der Waals surface area contributed by atoms with Gasteiger partial charge in [0.05, 0.1) is 6.61 Å². The average Bonchev–Trinajstić information content (AvgIpc) is 2.43. The van der Waals surface area contributed by atoms with Gasteiger partial charge in [0.25, 0.3) is 0 Å². The molecule has 0 bridgehead atoms. The molecule has 2 atom stereocenters. The van der Waals surface area contributed by atoms with Crippen molar-refractivity contribution in [3.8, 4) is 0 Å². The van der Waals surface area contributed by atoms with Gasteiger partial charge >= 0.3 is 0 Å². The summed E-state index contributed by atoms with van der Waals surface area (Å²) < 4.78 is 5.14. The number of ether oxygens (including phenoxy) is 1. The molecule has 0 aliphatic carbocycles. The van der Waals surface area contributed by atoms with Crippen LogP contribution in [0.5, 0.6) is 0 Å². The Labute approximate surface area is 130 Å². The first-order chi connectivity index (χ1) is 10.0. The Morgan fingerprint density at radius 3 is 2.76 bits per heavy atom. The minimum Gasteiger partial charge on any atom is -0.383 e. The fourth-order valence-electron chi connectivity index (χ4n) is 2.96. The highest BCUT2D eigenvalue weighted by Gasteiger charge is 2.20. The first-order valence-corrected chi connectivity index (χ1v) is 8.23. The average molecular weight is 298 g/mol. The SMILES string of the molecule is CN=C(NCC1CCCN(CC(C)C)C1)NC(C)COC. The summed E-state index contributed by atoms with van der Waals surface area (Å²) in [5.41, 5.74) is 0. The zero-order chi connectivity index (χ0) is 15.7. The number of nitrogens with zero attached hydrogens (tertiary/aromatic N) is 2. The van der Waals surface area contributed by atoms with Crippen LogP contribution in [0.3, 0.4) is 0 Å². The van der Waals surface area contributed by atoms with E-state index in [0.29, 0.717) is 12.5 Å². The fourth-order valence-corrected chi connectivity index (χ4v) is 2.96. The van der Waals surface area contributed by atoms with Crippen molar-refractivity contribution in [1.29, 1.82) is 0 Å². The third kappa shape index (κ3) is 7.67. The minimum atomic E-state index is 0.269. The highest BCUT2D eigenvalue weighted by molar-refractivity contribution is 5.79. The predicted octanol–water partition coefficient (Wildman–Crippen LogP) is 1.55. The molecule has 0 saturated carbocycles. The van der Waals surface area contributed by atoms with Crippen LogP contribution in [0.25, 0.3) is 0 Å². The van der Waals surface area contributed by atoms with Crippen molar-refractivity contribution >= 4 is 5.96 Å². The summed E-state index contributed by atoms with van der Waals surface area (Å²) in [4.78, 5) is 6.89. The lowest BCUT2D eigenvalue weighted by Gasteiger charge is -2.34. The van der Waals surface area contributed by atoms with Gasteiger partial charge in [0.2, 0.25) is 0 Å². The molecule has 5 nitrogen and oxygen atoms in total. The van der Waals surface area contributed by atoms with Gasteiger partial charge in [-0.15, -0.1) is 0 Å². The third-order valence-corrected chi connectivity index (χ3v) is 3.81. The standard InChI is InChI=1S/C16H34N4O/c1-13(2)10-20-8-6-7-15(11-20)9-18-16(17-4)19-14(3)12-21-5/h13-15H,6-12H2,1-5H3,(H2,17,18,19). The lowest BCUT2D eigenvalue weighted by atomic mass is 9.97. The number of likely N-dealkylation sites (tertiary alicyclic amines) is 1. The van der Waals surface area contributed by atoms with Crippen LogP contribution in [0.1, 0.15) is 33.6 Å². The monoisotopic (exact) mass is 298 g/mol. The Balaban J connectivity index is 2.32. The van der Waals surface area contributed by atoms with Crippen LogP contribution in [0.2, 0.25) is 0 Å². The van der Waals surface area contributed by atoms with Crippen molar-refractivity contribution in [1.82, 2.24) is 15.5 Å². The van der Waals surface area contributed by atoms with E-state index in [1.165, 1.54) is 32.5 Å². The zero-order valence-electron chi connectivity index (χ0n) is 14.5. The van der Waals surface area contributed by atoms with E-state index < -0.39 is 0 Å². The van der Waals surface area contributed by atoms with Gasteiger partial charge in [0.1, 0.15) is 0 Å². The quantitative estimate of drug-likeness (QED) is 0.553. The summed E-state index contributed by atoms with van der Waals surface area (Å²) in [5.74, 6) is 2.34. The van der Waals surface area contributed by atoms with E-state index in [-0.39, 0.29) is 6.04 Å². The number of guanidine groups is 1. The van der Waals surface area contributed by atoms with Gasteiger partial charge < -0.3 is 20.3 Å². The highest BCUT2D eigenvalue weighted by atomic mass is 16.5. The summed E-state index contributed by atoms with van der Waals surface area (Å²) in [6.45, 7) is 12.0.